The first-order valence-electron chi connectivity index (χ1n) is 9.75. The van der Waals surface area contributed by atoms with Crippen molar-refractivity contribution in [2.24, 2.45) is 0 Å². The van der Waals surface area contributed by atoms with Crippen molar-refractivity contribution in [3.8, 4) is 10.6 Å². The normalized spacial score (nSPS) is 13.9. The molecular formula is C22H22N4O3S. The van der Waals surface area contributed by atoms with E-state index < -0.39 is 5.97 Å². The number of hydrogen-bond donors (Lipinski definition) is 0. The fraction of sp³-hybridized carbons (Fsp3) is 0.273. The van der Waals surface area contributed by atoms with Crippen LogP contribution in [0, 0.1) is 6.92 Å². The predicted molar refractivity (Wildman–Crippen MR) is 116 cm³/mol. The topological polar surface area (TPSA) is 75.6 Å². The highest BCUT2D eigenvalue weighted by Crippen LogP contribution is 2.28. The van der Waals surface area contributed by atoms with Gasteiger partial charge in [-0.15, -0.1) is 11.3 Å². The van der Waals surface area contributed by atoms with Gasteiger partial charge in [0.2, 0.25) is 0 Å². The minimum atomic E-state index is -0.507. The summed E-state index contributed by atoms with van der Waals surface area (Å²) in [7, 11) is 0. The third-order valence-corrected chi connectivity index (χ3v) is 6.12. The van der Waals surface area contributed by atoms with Crippen molar-refractivity contribution in [1.82, 2.24) is 14.9 Å². The molecule has 0 radical (unpaired) electrons. The molecule has 3 heterocycles. The number of amides is 1. The number of ether oxygens (including phenoxy) is 1. The van der Waals surface area contributed by atoms with Crippen molar-refractivity contribution in [1.29, 1.82) is 0 Å². The summed E-state index contributed by atoms with van der Waals surface area (Å²) in [6, 6.07) is 15.5. The average molecular weight is 423 g/mol. The lowest BCUT2D eigenvalue weighted by Crippen LogP contribution is -2.50. The van der Waals surface area contributed by atoms with Crippen LogP contribution in [0.25, 0.3) is 10.6 Å². The molecule has 3 aromatic rings. The maximum Gasteiger partial charge on any atom is 0.350 e. The van der Waals surface area contributed by atoms with Crippen LogP contribution in [0.15, 0.2) is 54.7 Å². The quantitative estimate of drug-likeness (QED) is 0.589. The Morgan fingerprint density at radius 3 is 2.47 bits per heavy atom. The average Bonchev–Trinajstić information content (AvgIpc) is 3.20. The number of rotatable bonds is 5. The Labute approximate surface area is 178 Å². The van der Waals surface area contributed by atoms with Crippen molar-refractivity contribution in [3.63, 3.8) is 0 Å². The Balaban J connectivity index is 1.30. The monoisotopic (exact) mass is 422 g/mol. The van der Waals surface area contributed by atoms with Gasteiger partial charge in [-0.1, -0.05) is 36.4 Å². The van der Waals surface area contributed by atoms with Crippen LogP contribution in [-0.2, 0) is 9.53 Å². The van der Waals surface area contributed by atoms with Gasteiger partial charge in [-0.3, -0.25) is 4.79 Å². The predicted octanol–water partition coefficient (Wildman–Crippen LogP) is 3.02. The van der Waals surface area contributed by atoms with Crippen molar-refractivity contribution < 1.29 is 14.3 Å². The highest BCUT2D eigenvalue weighted by molar-refractivity contribution is 7.17. The summed E-state index contributed by atoms with van der Waals surface area (Å²) >= 11 is 1.28. The van der Waals surface area contributed by atoms with E-state index in [0.29, 0.717) is 36.8 Å². The molecule has 0 spiro atoms. The number of piperazine rings is 1. The third kappa shape index (κ3) is 4.49. The molecule has 1 fully saturated rings. The molecule has 2 aromatic heterocycles. The number of aromatic nitrogens is 2. The van der Waals surface area contributed by atoms with E-state index in [9.17, 15) is 9.59 Å². The van der Waals surface area contributed by atoms with E-state index in [0.717, 1.165) is 16.4 Å². The van der Waals surface area contributed by atoms with Crippen LogP contribution >= 0.6 is 11.3 Å². The summed E-state index contributed by atoms with van der Waals surface area (Å²) in [6.07, 6.45) is 1.76. The second-order valence-corrected chi connectivity index (χ2v) is 7.93. The highest BCUT2D eigenvalue weighted by atomic mass is 32.1. The number of nitrogens with zero attached hydrogens (tertiary/aromatic N) is 4. The van der Waals surface area contributed by atoms with Gasteiger partial charge in [0.1, 0.15) is 15.7 Å². The minimum Gasteiger partial charge on any atom is -0.451 e. The molecule has 1 aliphatic rings. The molecule has 0 saturated carbocycles. The molecule has 7 nitrogen and oxygen atoms in total. The van der Waals surface area contributed by atoms with Crippen LogP contribution in [-0.4, -0.2) is 59.5 Å². The molecule has 0 N–H and O–H groups in total. The van der Waals surface area contributed by atoms with Crippen LogP contribution in [0.3, 0.4) is 0 Å². The van der Waals surface area contributed by atoms with E-state index >= 15 is 0 Å². The fourth-order valence-corrected chi connectivity index (χ4v) is 4.27. The molecule has 0 unspecified atom stereocenters. The van der Waals surface area contributed by atoms with Gasteiger partial charge in [0.25, 0.3) is 5.91 Å². The standard InChI is InChI=1S/C22H22N4O3S/c1-16-20(30-21(24-16)17-7-3-2-4-8-17)22(28)29-15-19(27)26-13-11-25(12-14-26)18-9-5-6-10-23-18/h2-10H,11-15H2,1H3. The zero-order valence-corrected chi connectivity index (χ0v) is 17.5. The lowest BCUT2D eigenvalue weighted by Gasteiger charge is -2.35. The van der Waals surface area contributed by atoms with E-state index in [2.05, 4.69) is 14.9 Å². The molecule has 0 aliphatic carbocycles. The Morgan fingerprint density at radius 2 is 1.77 bits per heavy atom. The number of anilines is 1. The lowest BCUT2D eigenvalue weighted by molar-refractivity contribution is -0.134. The largest absolute Gasteiger partial charge is 0.451 e. The molecule has 8 heteroatoms. The van der Waals surface area contributed by atoms with Gasteiger partial charge < -0.3 is 14.5 Å². The number of benzene rings is 1. The van der Waals surface area contributed by atoms with Crippen LogP contribution in [0.2, 0.25) is 0 Å². The number of esters is 1. The summed E-state index contributed by atoms with van der Waals surface area (Å²) in [4.78, 5) is 38.1. The van der Waals surface area contributed by atoms with Gasteiger partial charge in [0, 0.05) is 37.9 Å². The molecule has 4 rings (SSSR count). The van der Waals surface area contributed by atoms with Gasteiger partial charge in [-0.25, -0.2) is 14.8 Å². The molecule has 0 atom stereocenters. The maximum atomic E-state index is 12.5. The number of carbonyl (C=O) groups is 2. The Bertz CT molecular complexity index is 1020. The smallest absolute Gasteiger partial charge is 0.350 e. The number of thiazole rings is 1. The van der Waals surface area contributed by atoms with Crippen LogP contribution in [0.1, 0.15) is 15.4 Å². The Kier molecular flexibility index (Phi) is 6.04. The number of carbonyl (C=O) groups excluding carboxylic acids is 2. The van der Waals surface area contributed by atoms with Gasteiger partial charge in [-0.2, -0.15) is 0 Å². The number of hydrogen-bond acceptors (Lipinski definition) is 7. The lowest BCUT2D eigenvalue weighted by atomic mass is 10.2. The zero-order chi connectivity index (χ0) is 20.9. The van der Waals surface area contributed by atoms with E-state index in [4.69, 9.17) is 4.74 Å². The fourth-order valence-electron chi connectivity index (χ4n) is 3.30. The Hall–Kier alpha value is -3.26. The second-order valence-electron chi connectivity index (χ2n) is 6.93. The van der Waals surface area contributed by atoms with Crippen LogP contribution in [0.5, 0.6) is 0 Å². The number of aryl methyl sites for hydroxylation is 1. The minimum absolute atomic E-state index is 0.186. The highest BCUT2D eigenvalue weighted by Gasteiger charge is 2.24. The van der Waals surface area contributed by atoms with E-state index in [1.54, 1.807) is 18.0 Å². The first-order chi connectivity index (χ1) is 14.6. The molecule has 0 bridgehead atoms. The summed E-state index contributed by atoms with van der Waals surface area (Å²) < 4.78 is 5.30. The van der Waals surface area contributed by atoms with Crippen molar-refractivity contribution >= 4 is 29.0 Å². The van der Waals surface area contributed by atoms with Crippen molar-refractivity contribution in [2.75, 3.05) is 37.7 Å². The Morgan fingerprint density at radius 1 is 1.03 bits per heavy atom. The van der Waals surface area contributed by atoms with Gasteiger partial charge in [0.05, 0.1) is 5.69 Å². The maximum absolute atomic E-state index is 12.5. The second kappa shape index (κ2) is 9.04. The van der Waals surface area contributed by atoms with Crippen LogP contribution in [0.4, 0.5) is 5.82 Å². The van der Waals surface area contributed by atoms with Crippen molar-refractivity contribution in [3.05, 3.63) is 65.3 Å². The van der Waals surface area contributed by atoms with Crippen LogP contribution < -0.4 is 4.90 Å². The molecule has 1 saturated heterocycles. The SMILES string of the molecule is Cc1nc(-c2ccccc2)sc1C(=O)OCC(=O)N1CCN(c2ccccn2)CC1. The van der Waals surface area contributed by atoms with E-state index in [1.807, 2.05) is 48.5 Å². The van der Waals surface area contributed by atoms with Gasteiger partial charge in [0.15, 0.2) is 6.61 Å². The first kappa shape index (κ1) is 20.0. The van der Waals surface area contributed by atoms with E-state index in [1.165, 1.54) is 11.3 Å². The molecular weight excluding hydrogens is 400 g/mol. The number of pyridine rings is 1. The molecule has 1 aromatic carbocycles. The summed E-state index contributed by atoms with van der Waals surface area (Å²) in [5.74, 6) is 0.216. The first-order valence-corrected chi connectivity index (χ1v) is 10.6. The third-order valence-electron chi connectivity index (χ3n) is 4.94. The molecule has 1 amide bonds. The molecule has 1 aliphatic heterocycles. The molecule has 30 heavy (non-hydrogen) atoms. The zero-order valence-electron chi connectivity index (χ0n) is 16.7. The van der Waals surface area contributed by atoms with E-state index in [-0.39, 0.29) is 12.5 Å². The summed E-state index contributed by atoms with van der Waals surface area (Å²) in [5, 5.41) is 0.761. The summed E-state index contributed by atoms with van der Waals surface area (Å²) in [6.45, 7) is 4.06. The van der Waals surface area contributed by atoms with Crippen molar-refractivity contribution in [2.45, 2.75) is 6.92 Å². The molecule has 154 valence electrons. The van der Waals surface area contributed by atoms with Gasteiger partial charge >= 0.3 is 5.97 Å². The van der Waals surface area contributed by atoms with Gasteiger partial charge in [-0.05, 0) is 19.1 Å². The summed E-state index contributed by atoms with van der Waals surface area (Å²) in [5.41, 5.74) is 1.56.